The van der Waals surface area contributed by atoms with Gasteiger partial charge in [0, 0.05) is 13.7 Å². The summed E-state index contributed by atoms with van der Waals surface area (Å²) in [6.07, 6.45) is 2.39. The van der Waals surface area contributed by atoms with Crippen molar-refractivity contribution in [2.24, 2.45) is 5.92 Å². The molecule has 18 heavy (non-hydrogen) atoms. The molecule has 1 unspecified atom stereocenters. The van der Waals surface area contributed by atoms with Gasteiger partial charge in [-0.3, -0.25) is 0 Å². The van der Waals surface area contributed by atoms with Gasteiger partial charge in [0.05, 0.1) is 6.61 Å². The Balaban J connectivity index is 2.48. The average Bonchev–Trinajstić information content (AvgIpc) is 2.37. The van der Waals surface area contributed by atoms with Crippen LogP contribution in [0.2, 0.25) is 0 Å². The molecule has 0 saturated heterocycles. The second-order valence-corrected chi connectivity index (χ2v) is 5.11. The molecule has 2 nitrogen and oxygen atoms in total. The van der Waals surface area contributed by atoms with Gasteiger partial charge in [-0.2, -0.15) is 0 Å². The maximum absolute atomic E-state index is 5.05. The third-order valence-electron chi connectivity index (χ3n) is 3.51. The summed E-state index contributed by atoms with van der Waals surface area (Å²) in [4.78, 5) is 0. The van der Waals surface area contributed by atoms with Crippen LogP contribution in [0.4, 0.5) is 0 Å². The Kier molecular flexibility index (Phi) is 6.99. The van der Waals surface area contributed by atoms with Crippen molar-refractivity contribution in [3.63, 3.8) is 0 Å². The number of methoxy groups -OCH3 is 1. The summed E-state index contributed by atoms with van der Waals surface area (Å²) in [5, 5.41) is 3.47. The standard InChI is InChI=1S/C16H27NO/c1-5-15(12-17-8-9-18-4)11-16-10-13(2)6-7-14(16)3/h6-7,10,15,17H,5,8-9,11-12H2,1-4H3. The van der Waals surface area contributed by atoms with Crippen LogP contribution in [0, 0.1) is 19.8 Å². The van der Waals surface area contributed by atoms with Gasteiger partial charge in [0.25, 0.3) is 0 Å². The zero-order valence-corrected chi connectivity index (χ0v) is 12.3. The number of hydrogen-bond acceptors (Lipinski definition) is 2. The third-order valence-corrected chi connectivity index (χ3v) is 3.51. The molecule has 0 aliphatic heterocycles. The van der Waals surface area contributed by atoms with Crippen LogP contribution in [0.5, 0.6) is 0 Å². The van der Waals surface area contributed by atoms with Crippen molar-refractivity contribution in [1.29, 1.82) is 0 Å². The predicted octanol–water partition coefficient (Wildman–Crippen LogP) is 3.11. The van der Waals surface area contributed by atoms with Gasteiger partial charge < -0.3 is 10.1 Å². The summed E-state index contributed by atoms with van der Waals surface area (Å²) < 4.78 is 5.05. The molecule has 0 spiro atoms. The highest BCUT2D eigenvalue weighted by molar-refractivity contribution is 5.30. The van der Waals surface area contributed by atoms with E-state index in [0.717, 1.165) is 19.7 Å². The molecule has 1 rings (SSSR count). The maximum atomic E-state index is 5.05. The lowest BCUT2D eigenvalue weighted by Gasteiger charge is -2.17. The van der Waals surface area contributed by atoms with Crippen molar-refractivity contribution >= 4 is 0 Å². The van der Waals surface area contributed by atoms with Crippen LogP contribution in [0.1, 0.15) is 30.0 Å². The Bertz CT molecular complexity index is 349. The molecule has 0 aromatic heterocycles. The minimum Gasteiger partial charge on any atom is -0.383 e. The average molecular weight is 249 g/mol. The van der Waals surface area contributed by atoms with E-state index in [1.165, 1.54) is 29.5 Å². The molecule has 1 N–H and O–H groups in total. The maximum Gasteiger partial charge on any atom is 0.0587 e. The molecule has 1 aromatic rings. The monoisotopic (exact) mass is 249 g/mol. The molecule has 1 atom stereocenters. The first-order chi connectivity index (χ1) is 8.67. The van der Waals surface area contributed by atoms with Gasteiger partial charge in [-0.15, -0.1) is 0 Å². The smallest absolute Gasteiger partial charge is 0.0587 e. The molecule has 2 heteroatoms. The van der Waals surface area contributed by atoms with Crippen LogP contribution < -0.4 is 5.32 Å². The number of nitrogens with one attached hydrogen (secondary N) is 1. The fourth-order valence-corrected chi connectivity index (χ4v) is 2.17. The van der Waals surface area contributed by atoms with E-state index in [1.54, 1.807) is 7.11 Å². The molecule has 102 valence electrons. The van der Waals surface area contributed by atoms with Crippen LogP contribution in [0.15, 0.2) is 18.2 Å². The van der Waals surface area contributed by atoms with Gasteiger partial charge in [-0.25, -0.2) is 0 Å². The van der Waals surface area contributed by atoms with E-state index in [2.05, 4.69) is 44.3 Å². The van der Waals surface area contributed by atoms with Crippen LogP contribution in [-0.2, 0) is 11.2 Å². The van der Waals surface area contributed by atoms with E-state index in [-0.39, 0.29) is 0 Å². The Morgan fingerprint density at radius 1 is 1.28 bits per heavy atom. The predicted molar refractivity (Wildman–Crippen MR) is 78.1 cm³/mol. The highest BCUT2D eigenvalue weighted by atomic mass is 16.5. The summed E-state index contributed by atoms with van der Waals surface area (Å²) in [6, 6.07) is 6.75. The van der Waals surface area contributed by atoms with Gasteiger partial charge in [0.2, 0.25) is 0 Å². The molecule has 0 radical (unpaired) electrons. The highest BCUT2D eigenvalue weighted by Crippen LogP contribution is 2.17. The van der Waals surface area contributed by atoms with Gasteiger partial charge >= 0.3 is 0 Å². The quantitative estimate of drug-likeness (QED) is 0.715. The van der Waals surface area contributed by atoms with Crippen LogP contribution in [0.25, 0.3) is 0 Å². The Morgan fingerprint density at radius 2 is 2.06 bits per heavy atom. The van der Waals surface area contributed by atoms with E-state index < -0.39 is 0 Å². The minimum atomic E-state index is 0.711. The summed E-state index contributed by atoms with van der Waals surface area (Å²) in [5.74, 6) is 0.711. The first-order valence-electron chi connectivity index (χ1n) is 6.93. The van der Waals surface area contributed by atoms with Crippen molar-refractivity contribution < 1.29 is 4.74 Å². The Labute approximate surface area is 112 Å². The van der Waals surface area contributed by atoms with Gasteiger partial charge in [0.15, 0.2) is 0 Å². The van der Waals surface area contributed by atoms with Gasteiger partial charge in [0.1, 0.15) is 0 Å². The Morgan fingerprint density at radius 3 is 2.72 bits per heavy atom. The van der Waals surface area contributed by atoms with Crippen molar-refractivity contribution in [1.82, 2.24) is 5.32 Å². The molecule has 0 heterocycles. The van der Waals surface area contributed by atoms with E-state index in [9.17, 15) is 0 Å². The van der Waals surface area contributed by atoms with Crippen LogP contribution >= 0.6 is 0 Å². The number of benzene rings is 1. The lowest BCUT2D eigenvalue weighted by atomic mass is 9.93. The topological polar surface area (TPSA) is 21.3 Å². The fraction of sp³-hybridized carbons (Fsp3) is 0.625. The van der Waals surface area contributed by atoms with Crippen molar-refractivity contribution in [3.8, 4) is 0 Å². The number of hydrogen-bond donors (Lipinski definition) is 1. The van der Waals surface area contributed by atoms with E-state index >= 15 is 0 Å². The largest absolute Gasteiger partial charge is 0.383 e. The van der Waals surface area contributed by atoms with Crippen molar-refractivity contribution in [2.75, 3.05) is 26.8 Å². The number of aryl methyl sites for hydroxylation is 2. The highest BCUT2D eigenvalue weighted by Gasteiger charge is 2.09. The lowest BCUT2D eigenvalue weighted by molar-refractivity contribution is 0.197. The normalized spacial score (nSPS) is 12.7. The second-order valence-electron chi connectivity index (χ2n) is 5.11. The number of ether oxygens (including phenoxy) is 1. The molecule has 0 aliphatic carbocycles. The van der Waals surface area contributed by atoms with Gasteiger partial charge in [-0.1, -0.05) is 37.1 Å². The van der Waals surface area contributed by atoms with E-state index in [4.69, 9.17) is 4.74 Å². The third kappa shape index (κ3) is 5.19. The molecule has 0 fully saturated rings. The van der Waals surface area contributed by atoms with Gasteiger partial charge in [-0.05, 0) is 43.9 Å². The molecule has 0 amide bonds. The zero-order valence-electron chi connectivity index (χ0n) is 12.3. The van der Waals surface area contributed by atoms with Crippen molar-refractivity contribution in [2.45, 2.75) is 33.6 Å². The Hall–Kier alpha value is -0.860. The SMILES string of the molecule is CCC(CNCCOC)Cc1cc(C)ccc1C. The molecule has 0 aliphatic rings. The summed E-state index contributed by atoms with van der Waals surface area (Å²) >= 11 is 0. The first-order valence-corrected chi connectivity index (χ1v) is 6.93. The first kappa shape index (κ1) is 15.2. The summed E-state index contributed by atoms with van der Waals surface area (Å²) in [5.41, 5.74) is 4.27. The zero-order chi connectivity index (χ0) is 13.4. The lowest BCUT2D eigenvalue weighted by Crippen LogP contribution is -2.27. The van der Waals surface area contributed by atoms with Crippen LogP contribution in [0.3, 0.4) is 0 Å². The molecular formula is C16H27NO. The molecule has 1 aromatic carbocycles. The van der Waals surface area contributed by atoms with Crippen LogP contribution in [-0.4, -0.2) is 26.8 Å². The van der Waals surface area contributed by atoms with E-state index in [1.807, 2.05) is 0 Å². The fourth-order valence-electron chi connectivity index (χ4n) is 2.17. The number of rotatable bonds is 8. The summed E-state index contributed by atoms with van der Waals surface area (Å²) in [6.45, 7) is 9.46. The summed E-state index contributed by atoms with van der Waals surface area (Å²) in [7, 11) is 1.75. The van der Waals surface area contributed by atoms with Crippen molar-refractivity contribution in [3.05, 3.63) is 34.9 Å². The second kappa shape index (κ2) is 8.28. The minimum absolute atomic E-state index is 0.711. The molecule has 0 bridgehead atoms. The molecular weight excluding hydrogens is 222 g/mol. The van der Waals surface area contributed by atoms with E-state index in [0.29, 0.717) is 5.92 Å². The molecule has 0 saturated carbocycles.